The first-order chi connectivity index (χ1) is 14.8. The van der Waals surface area contributed by atoms with Gasteiger partial charge in [-0.3, -0.25) is 9.13 Å². The Kier molecular flexibility index (Phi) is 5.15. The second-order valence-corrected chi connectivity index (χ2v) is 7.19. The number of aromatic hydroxyl groups is 1. The molecule has 4 aromatic rings. The molecule has 160 valence electrons. The van der Waals surface area contributed by atoms with Gasteiger partial charge < -0.3 is 10.2 Å². The Labute approximate surface area is 175 Å². The minimum Gasteiger partial charge on any atom is -0.508 e. The molecule has 2 aromatic heterocycles. The highest BCUT2D eigenvalue weighted by atomic mass is 19.1. The molecule has 0 aliphatic heterocycles. The van der Waals surface area contributed by atoms with Gasteiger partial charge in [-0.15, -0.1) is 0 Å². The predicted molar refractivity (Wildman–Crippen MR) is 107 cm³/mol. The van der Waals surface area contributed by atoms with E-state index in [1.165, 1.54) is 51.0 Å². The standard InChI is InChI=1S/C21H19F2N5O3/c1-14(27-8-9-28(20(27)30)16-3-5-17(29)6-4-16)21(31,11-26-13-24-12-25-26)18-7-2-15(22)10-19(18)23/h2-10,12-14,29,31H,11H2,1H3. The fourth-order valence-electron chi connectivity index (χ4n) is 3.57. The lowest BCUT2D eigenvalue weighted by Gasteiger charge is -2.35. The maximum atomic E-state index is 14.7. The number of benzene rings is 2. The van der Waals surface area contributed by atoms with Crippen molar-refractivity contribution in [2.45, 2.75) is 25.1 Å². The normalized spacial score (nSPS) is 14.3. The highest BCUT2D eigenvalue weighted by Gasteiger charge is 2.41. The van der Waals surface area contributed by atoms with Crippen molar-refractivity contribution in [3.8, 4) is 11.4 Å². The zero-order valence-electron chi connectivity index (χ0n) is 16.4. The summed E-state index contributed by atoms with van der Waals surface area (Å²) in [6.45, 7) is 1.33. The van der Waals surface area contributed by atoms with Crippen LogP contribution in [0.15, 0.2) is 72.3 Å². The molecule has 0 saturated heterocycles. The first-order valence-electron chi connectivity index (χ1n) is 9.39. The average molecular weight is 427 g/mol. The first-order valence-corrected chi connectivity index (χ1v) is 9.39. The number of nitrogens with zero attached hydrogens (tertiary/aromatic N) is 5. The smallest absolute Gasteiger partial charge is 0.333 e. The molecule has 2 N–H and O–H groups in total. The van der Waals surface area contributed by atoms with Crippen LogP contribution in [0.25, 0.3) is 5.69 Å². The van der Waals surface area contributed by atoms with Gasteiger partial charge in [0.2, 0.25) is 0 Å². The molecule has 2 heterocycles. The topological polar surface area (TPSA) is 98.1 Å². The number of halogens is 2. The van der Waals surface area contributed by atoms with E-state index >= 15 is 0 Å². The minimum absolute atomic E-state index is 0.0543. The Hall–Kier alpha value is -3.79. The Morgan fingerprint density at radius 3 is 2.52 bits per heavy atom. The molecule has 0 aliphatic carbocycles. The quantitative estimate of drug-likeness (QED) is 0.492. The van der Waals surface area contributed by atoms with Gasteiger partial charge in [0.15, 0.2) is 0 Å². The van der Waals surface area contributed by atoms with E-state index in [1.807, 2.05) is 0 Å². The molecule has 2 aromatic carbocycles. The molecular weight excluding hydrogens is 408 g/mol. The molecule has 2 atom stereocenters. The van der Waals surface area contributed by atoms with Crippen molar-refractivity contribution in [2.75, 3.05) is 0 Å². The first kappa shape index (κ1) is 20.5. The van der Waals surface area contributed by atoms with Crippen LogP contribution in [0.3, 0.4) is 0 Å². The Morgan fingerprint density at radius 2 is 1.87 bits per heavy atom. The van der Waals surface area contributed by atoms with Crippen LogP contribution >= 0.6 is 0 Å². The van der Waals surface area contributed by atoms with E-state index in [-0.39, 0.29) is 17.9 Å². The molecule has 8 nitrogen and oxygen atoms in total. The van der Waals surface area contributed by atoms with Crippen molar-refractivity contribution in [1.29, 1.82) is 0 Å². The van der Waals surface area contributed by atoms with Crippen LogP contribution in [0.5, 0.6) is 5.75 Å². The number of phenolic OH excluding ortho intramolecular Hbond substituents is 1. The van der Waals surface area contributed by atoms with E-state index in [4.69, 9.17) is 0 Å². The molecule has 31 heavy (non-hydrogen) atoms. The third kappa shape index (κ3) is 3.73. The van der Waals surface area contributed by atoms with Gasteiger partial charge in [-0.05, 0) is 37.3 Å². The van der Waals surface area contributed by atoms with Crippen molar-refractivity contribution in [3.63, 3.8) is 0 Å². The third-order valence-electron chi connectivity index (χ3n) is 5.31. The maximum absolute atomic E-state index is 14.7. The van der Waals surface area contributed by atoms with Crippen LogP contribution in [0, 0.1) is 11.6 Å². The van der Waals surface area contributed by atoms with Gasteiger partial charge in [0.05, 0.1) is 18.3 Å². The summed E-state index contributed by atoms with van der Waals surface area (Å²) in [5.41, 5.74) is -2.13. The largest absolute Gasteiger partial charge is 0.508 e. The van der Waals surface area contributed by atoms with Crippen LogP contribution in [0.2, 0.25) is 0 Å². The van der Waals surface area contributed by atoms with E-state index in [0.29, 0.717) is 11.8 Å². The minimum atomic E-state index is -1.96. The van der Waals surface area contributed by atoms with E-state index in [2.05, 4.69) is 10.1 Å². The number of hydrogen-bond acceptors (Lipinski definition) is 5. The Bertz CT molecular complexity index is 1250. The number of aliphatic hydroxyl groups is 1. The molecular formula is C21H19F2N5O3. The highest BCUT2D eigenvalue weighted by Crippen LogP contribution is 2.36. The molecule has 2 unspecified atom stereocenters. The summed E-state index contributed by atoms with van der Waals surface area (Å²) in [7, 11) is 0. The van der Waals surface area contributed by atoms with E-state index in [1.54, 1.807) is 19.1 Å². The monoisotopic (exact) mass is 427 g/mol. The highest BCUT2D eigenvalue weighted by molar-refractivity contribution is 5.36. The van der Waals surface area contributed by atoms with Crippen molar-refractivity contribution >= 4 is 0 Å². The molecule has 0 aliphatic rings. The average Bonchev–Trinajstić information content (AvgIpc) is 3.37. The van der Waals surface area contributed by atoms with Gasteiger partial charge in [0.25, 0.3) is 0 Å². The van der Waals surface area contributed by atoms with Crippen molar-refractivity contribution in [2.24, 2.45) is 0 Å². The van der Waals surface area contributed by atoms with Crippen LogP contribution < -0.4 is 5.69 Å². The van der Waals surface area contributed by atoms with Gasteiger partial charge in [0.1, 0.15) is 35.6 Å². The number of phenols is 1. The number of hydrogen-bond donors (Lipinski definition) is 2. The van der Waals surface area contributed by atoms with Crippen molar-refractivity contribution in [1.82, 2.24) is 23.9 Å². The van der Waals surface area contributed by atoms with Crippen molar-refractivity contribution < 1.29 is 19.0 Å². The summed E-state index contributed by atoms with van der Waals surface area (Å²) in [5, 5.41) is 25.1. The van der Waals surface area contributed by atoms with Gasteiger partial charge in [-0.2, -0.15) is 5.10 Å². The van der Waals surface area contributed by atoms with E-state index < -0.39 is 29.0 Å². The lowest BCUT2D eigenvalue weighted by molar-refractivity contribution is -0.0342. The van der Waals surface area contributed by atoms with Crippen LogP contribution in [-0.2, 0) is 12.1 Å². The fraction of sp³-hybridized carbons (Fsp3) is 0.190. The molecule has 0 saturated carbocycles. The number of imidazole rings is 1. The molecule has 0 fully saturated rings. The third-order valence-corrected chi connectivity index (χ3v) is 5.31. The number of aromatic nitrogens is 5. The Morgan fingerprint density at radius 1 is 1.13 bits per heavy atom. The number of rotatable bonds is 6. The lowest BCUT2D eigenvalue weighted by Crippen LogP contribution is -2.43. The second kappa shape index (κ2) is 7.80. The molecule has 0 bridgehead atoms. The van der Waals surface area contributed by atoms with Crippen molar-refractivity contribution in [3.05, 3.63) is 95.2 Å². The van der Waals surface area contributed by atoms with Crippen LogP contribution in [-0.4, -0.2) is 34.1 Å². The Balaban J connectivity index is 1.80. The van der Waals surface area contributed by atoms with Gasteiger partial charge in [-0.1, -0.05) is 6.07 Å². The second-order valence-electron chi connectivity index (χ2n) is 7.19. The molecule has 4 rings (SSSR count). The zero-order valence-corrected chi connectivity index (χ0v) is 16.4. The van der Waals surface area contributed by atoms with E-state index in [0.717, 1.165) is 12.1 Å². The zero-order chi connectivity index (χ0) is 22.2. The van der Waals surface area contributed by atoms with Gasteiger partial charge in [-0.25, -0.2) is 23.2 Å². The van der Waals surface area contributed by atoms with E-state index in [9.17, 15) is 23.8 Å². The summed E-state index contributed by atoms with van der Waals surface area (Å²) in [6.07, 6.45) is 5.58. The van der Waals surface area contributed by atoms with Gasteiger partial charge in [0, 0.05) is 24.0 Å². The van der Waals surface area contributed by atoms with Crippen LogP contribution in [0.1, 0.15) is 18.5 Å². The van der Waals surface area contributed by atoms with Gasteiger partial charge >= 0.3 is 5.69 Å². The summed E-state index contributed by atoms with van der Waals surface area (Å²) >= 11 is 0. The predicted octanol–water partition coefficient (Wildman–Crippen LogP) is 2.36. The maximum Gasteiger partial charge on any atom is 0.333 e. The molecule has 0 radical (unpaired) electrons. The summed E-state index contributed by atoms with van der Waals surface area (Å²) in [5.74, 6) is -1.67. The summed E-state index contributed by atoms with van der Waals surface area (Å²) in [6, 6.07) is 7.91. The molecule has 0 spiro atoms. The van der Waals surface area contributed by atoms with Crippen LogP contribution in [0.4, 0.5) is 8.78 Å². The fourth-order valence-corrected chi connectivity index (χ4v) is 3.57. The molecule has 0 amide bonds. The lowest BCUT2D eigenvalue weighted by atomic mass is 9.86. The summed E-state index contributed by atoms with van der Waals surface area (Å²) in [4.78, 5) is 16.9. The SMILES string of the molecule is CC(n1ccn(-c2ccc(O)cc2)c1=O)C(O)(Cn1cncn1)c1ccc(F)cc1F. The summed E-state index contributed by atoms with van der Waals surface area (Å²) < 4.78 is 32.1. The molecule has 10 heteroatoms.